The van der Waals surface area contributed by atoms with Gasteiger partial charge in [0.05, 0.1) is 10.9 Å². The Hall–Kier alpha value is -1.84. The van der Waals surface area contributed by atoms with Crippen LogP contribution in [0, 0.1) is 6.92 Å². The maximum absolute atomic E-state index is 11.0. The summed E-state index contributed by atoms with van der Waals surface area (Å²) < 4.78 is 0. The van der Waals surface area contributed by atoms with Crippen molar-refractivity contribution in [3.63, 3.8) is 0 Å². The van der Waals surface area contributed by atoms with Gasteiger partial charge in [-0.1, -0.05) is 6.07 Å². The first-order valence-electron chi connectivity index (χ1n) is 3.87. The maximum Gasteiger partial charge on any atom is 0.345 e. The SMILES string of the molecule is Cc1[nH]c(=O)nc2cccc(O)c12. The van der Waals surface area contributed by atoms with Gasteiger partial charge in [-0.15, -0.1) is 0 Å². The monoisotopic (exact) mass is 176 g/mol. The van der Waals surface area contributed by atoms with E-state index in [0.29, 0.717) is 16.6 Å². The van der Waals surface area contributed by atoms with Gasteiger partial charge in [0, 0.05) is 5.69 Å². The standard InChI is InChI=1S/C9H8N2O2/c1-5-8-6(11-9(13)10-5)3-2-4-7(8)12/h2-4,12H,1H3,(H,10,11,13). The number of phenols is 1. The molecule has 0 fully saturated rings. The molecule has 66 valence electrons. The van der Waals surface area contributed by atoms with Gasteiger partial charge in [0.25, 0.3) is 0 Å². The minimum absolute atomic E-state index is 0.138. The van der Waals surface area contributed by atoms with Crippen LogP contribution in [0.15, 0.2) is 23.0 Å². The molecule has 0 atom stereocenters. The van der Waals surface area contributed by atoms with Gasteiger partial charge in [0.2, 0.25) is 0 Å². The van der Waals surface area contributed by atoms with Crippen molar-refractivity contribution in [2.45, 2.75) is 6.92 Å². The van der Waals surface area contributed by atoms with E-state index in [2.05, 4.69) is 9.97 Å². The van der Waals surface area contributed by atoms with Crippen molar-refractivity contribution in [1.82, 2.24) is 9.97 Å². The lowest BCUT2D eigenvalue weighted by atomic mass is 10.2. The first-order valence-corrected chi connectivity index (χ1v) is 3.87. The van der Waals surface area contributed by atoms with Gasteiger partial charge >= 0.3 is 5.69 Å². The number of nitrogens with zero attached hydrogens (tertiary/aromatic N) is 1. The summed E-state index contributed by atoms with van der Waals surface area (Å²) in [6.45, 7) is 1.73. The molecule has 0 unspecified atom stereocenters. The first-order chi connectivity index (χ1) is 6.18. The van der Waals surface area contributed by atoms with Crippen molar-refractivity contribution in [2.75, 3.05) is 0 Å². The molecule has 4 heteroatoms. The Bertz CT molecular complexity index is 516. The second-order valence-electron chi connectivity index (χ2n) is 2.84. The van der Waals surface area contributed by atoms with Crippen molar-refractivity contribution in [2.24, 2.45) is 0 Å². The summed E-state index contributed by atoms with van der Waals surface area (Å²) in [5.74, 6) is 0.138. The summed E-state index contributed by atoms with van der Waals surface area (Å²) >= 11 is 0. The third-order valence-electron chi connectivity index (χ3n) is 1.91. The Morgan fingerprint density at radius 2 is 2.23 bits per heavy atom. The minimum Gasteiger partial charge on any atom is -0.507 e. The number of fused-ring (bicyclic) bond motifs is 1. The second kappa shape index (κ2) is 2.58. The summed E-state index contributed by atoms with van der Waals surface area (Å²) in [5.41, 5.74) is 0.755. The predicted molar refractivity (Wildman–Crippen MR) is 48.8 cm³/mol. The van der Waals surface area contributed by atoms with Crippen LogP contribution < -0.4 is 5.69 Å². The van der Waals surface area contributed by atoms with Crippen LogP contribution in [0.3, 0.4) is 0 Å². The maximum atomic E-state index is 11.0. The van der Waals surface area contributed by atoms with E-state index in [1.165, 1.54) is 0 Å². The lowest BCUT2D eigenvalue weighted by Gasteiger charge is -2.01. The fourth-order valence-corrected chi connectivity index (χ4v) is 1.37. The van der Waals surface area contributed by atoms with E-state index in [1.54, 1.807) is 25.1 Å². The van der Waals surface area contributed by atoms with Gasteiger partial charge < -0.3 is 10.1 Å². The lowest BCUT2D eigenvalue weighted by Crippen LogP contribution is -2.11. The molecule has 4 nitrogen and oxygen atoms in total. The molecule has 2 N–H and O–H groups in total. The number of aromatic nitrogens is 2. The number of hydrogen-bond donors (Lipinski definition) is 2. The van der Waals surface area contributed by atoms with Crippen LogP contribution in [-0.2, 0) is 0 Å². The van der Waals surface area contributed by atoms with E-state index < -0.39 is 5.69 Å². The van der Waals surface area contributed by atoms with Crippen molar-refractivity contribution in [3.05, 3.63) is 34.4 Å². The van der Waals surface area contributed by atoms with E-state index >= 15 is 0 Å². The lowest BCUT2D eigenvalue weighted by molar-refractivity contribution is 0.481. The molecule has 0 amide bonds. The Morgan fingerprint density at radius 3 is 3.00 bits per heavy atom. The van der Waals surface area contributed by atoms with Crippen molar-refractivity contribution < 1.29 is 5.11 Å². The number of nitrogens with one attached hydrogen (secondary N) is 1. The van der Waals surface area contributed by atoms with Gasteiger partial charge in [-0.05, 0) is 19.1 Å². The third-order valence-corrected chi connectivity index (χ3v) is 1.91. The highest BCUT2D eigenvalue weighted by atomic mass is 16.3. The Balaban J connectivity index is 3.03. The largest absolute Gasteiger partial charge is 0.507 e. The molecule has 1 aromatic heterocycles. The fourth-order valence-electron chi connectivity index (χ4n) is 1.37. The molecule has 2 aromatic rings. The van der Waals surface area contributed by atoms with Crippen LogP contribution in [0.2, 0.25) is 0 Å². The molecule has 0 aliphatic carbocycles. The molecular weight excluding hydrogens is 168 g/mol. The van der Waals surface area contributed by atoms with E-state index in [4.69, 9.17) is 0 Å². The number of aromatic hydroxyl groups is 1. The number of H-pyrrole nitrogens is 1. The van der Waals surface area contributed by atoms with Crippen LogP contribution in [0.1, 0.15) is 5.69 Å². The molecule has 2 rings (SSSR count). The van der Waals surface area contributed by atoms with E-state index in [1.807, 2.05) is 0 Å². The molecule has 13 heavy (non-hydrogen) atoms. The number of phenolic OH excluding ortho intramolecular Hbond substituents is 1. The highest BCUT2D eigenvalue weighted by molar-refractivity contribution is 5.86. The Labute approximate surface area is 73.9 Å². The van der Waals surface area contributed by atoms with Crippen LogP contribution >= 0.6 is 0 Å². The molecule has 1 aromatic carbocycles. The topological polar surface area (TPSA) is 66.0 Å². The van der Waals surface area contributed by atoms with Gasteiger partial charge in [-0.25, -0.2) is 4.79 Å². The molecular formula is C9H8N2O2. The molecule has 0 aliphatic rings. The van der Waals surface area contributed by atoms with Crippen molar-refractivity contribution in [1.29, 1.82) is 0 Å². The number of aromatic amines is 1. The summed E-state index contributed by atoms with van der Waals surface area (Å²) in [5, 5.41) is 10.1. The highest BCUT2D eigenvalue weighted by Gasteiger charge is 2.04. The van der Waals surface area contributed by atoms with Crippen LogP contribution in [0.25, 0.3) is 10.9 Å². The molecule has 0 saturated carbocycles. The normalized spacial score (nSPS) is 10.5. The first kappa shape index (κ1) is 7.79. The molecule has 0 bridgehead atoms. The third kappa shape index (κ3) is 1.16. The summed E-state index contributed by atoms with van der Waals surface area (Å²) in [4.78, 5) is 17.2. The quantitative estimate of drug-likeness (QED) is 0.627. The average molecular weight is 176 g/mol. The average Bonchev–Trinajstić information content (AvgIpc) is 2.02. The zero-order chi connectivity index (χ0) is 9.42. The van der Waals surface area contributed by atoms with Gasteiger partial charge in [-0.3, -0.25) is 0 Å². The molecule has 0 saturated heterocycles. The molecule has 0 aliphatic heterocycles. The molecule has 0 radical (unpaired) electrons. The number of aryl methyl sites for hydroxylation is 1. The number of rotatable bonds is 0. The van der Waals surface area contributed by atoms with E-state index in [0.717, 1.165) is 0 Å². The number of hydrogen-bond acceptors (Lipinski definition) is 3. The van der Waals surface area contributed by atoms with Gasteiger partial charge in [-0.2, -0.15) is 4.98 Å². The van der Waals surface area contributed by atoms with Crippen LogP contribution in [0.5, 0.6) is 5.75 Å². The predicted octanol–water partition coefficient (Wildman–Crippen LogP) is 0.937. The smallest absolute Gasteiger partial charge is 0.345 e. The van der Waals surface area contributed by atoms with Gasteiger partial charge in [0.15, 0.2) is 0 Å². The van der Waals surface area contributed by atoms with Crippen molar-refractivity contribution >= 4 is 10.9 Å². The molecule has 1 heterocycles. The Kier molecular flexibility index (Phi) is 1.55. The molecule has 0 spiro atoms. The van der Waals surface area contributed by atoms with Gasteiger partial charge in [0.1, 0.15) is 5.75 Å². The number of benzene rings is 1. The summed E-state index contributed by atoms with van der Waals surface area (Å²) in [6, 6.07) is 4.91. The zero-order valence-corrected chi connectivity index (χ0v) is 7.03. The Morgan fingerprint density at radius 1 is 1.46 bits per heavy atom. The second-order valence-corrected chi connectivity index (χ2v) is 2.84. The zero-order valence-electron chi connectivity index (χ0n) is 7.03. The van der Waals surface area contributed by atoms with E-state index in [-0.39, 0.29) is 5.75 Å². The summed E-state index contributed by atoms with van der Waals surface area (Å²) in [6.07, 6.45) is 0. The minimum atomic E-state index is -0.393. The van der Waals surface area contributed by atoms with Crippen molar-refractivity contribution in [3.8, 4) is 5.75 Å². The summed E-state index contributed by atoms with van der Waals surface area (Å²) in [7, 11) is 0. The fraction of sp³-hybridized carbons (Fsp3) is 0.111. The van der Waals surface area contributed by atoms with Crippen LogP contribution in [-0.4, -0.2) is 15.1 Å². The van der Waals surface area contributed by atoms with Crippen LogP contribution in [0.4, 0.5) is 0 Å². The highest BCUT2D eigenvalue weighted by Crippen LogP contribution is 2.23. The van der Waals surface area contributed by atoms with E-state index in [9.17, 15) is 9.90 Å².